The minimum Gasteiger partial charge on any atom is -0.396 e. The van der Waals surface area contributed by atoms with E-state index in [2.05, 4.69) is 0 Å². The molecule has 0 atom stereocenters. The number of carbonyl (C=O) groups is 2. The molecule has 0 aliphatic carbocycles. The molecule has 0 spiro atoms. The molecule has 0 saturated carbocycles. The molecule has 0 fully saturated rings. The summed E-state index contributed by atoms with van der Waals surface area (Å²) < 4.78 is 13.1. The zero-order valence-electron chi connectivity index (χ0n) is 11.0. The van der Waals surface area contributed by atoms with Crippen molar-refractivity contribution in [2.45, 2.75) is 13.8 Å². The highest BCUT2D eigenvalue weighted by molar-refractivity contribution is 5.97. The predicted octanol–water partition coefficient (Wildman–Crippen LogP) is 0.991. The highest BCUT2D eigenvalue weighted by Gasteiger charge is 2.19. The first-order valence-corrected chi connectivity index (χ1v) is 5.94. The summed E-state index contributed by atoms with van der Waals surface area (Å²) in [4.78, 5) is 24.5. The molecule has 1 rings (SSSR count). The summed E-state index contributed by atoms with van der Waals surface area (Å²) in [7, 11) is 0. The number of rotatable bonds is 5. The maximum Gasteiger partial charge on any atom is 0.254 e. The fourth-order valence-corrected chi connectivity index (χ4v) is 1.71. The first-order chi connectivity index (χ1) is 8.81. The van der Waals surface area contributed by atoms with Gasteiger partial charge < -0.3 is 16.4 Å². The summed E-state index contributed by atoms with van der Waals surface area (Å²) in [5.41, 5.74) is 10.7. The summed E-state index contributed by atoms with van der Waals surface area (Å²) in [6, 6.07) is 3.72. The van der Waals surface area contributed by atoms with E-state index in [1.165, 1.54) is 17.0 Å². The minimum atomic E-state index is -0.593. The van der Waals surface area contributed by atoms with Gasteiger partial charge in [-0.15, -0.1) is 0 Å². The smallest absolute Gasteiger partial charge is 0.254 e. The van der Waals surface area contributed by atoms with Crippen molar-refractivity contribution in [1.82, 2.24) is 4.90 Å². The van der Waals surface area contributed by atoms with Crippen LogP contribution in [0.5, 0.6) is 0 Å². The molecular weight excluding hydrogens is 249 g/mol. The van der Waals surface area contributed by atoms with Crippen molar-refractivity contribution < 1.29 is 14.0 Å². The standard InChI is InChI=1S/C13H18FN3O2/c1-8(2)6-17(7-12(16)18)13(19)9-3-4-10(14)11(15)5-9/h3-5,8H,6-7,15H2,1-2H3,(H2,16,18). The summed E-state index contributed by atoms with van der Waals surface area (Å²) in [5, 5.41) is 0. The molecule has 2 amide bonds. The van der Waals surface area contributed by atoms with E-state index in [1.807, 2.05) is 13.8 Å². The van der Waals surface area contributed by atoms with Crippen molar-refractivity contribution >= 4 is 17.5 Å². The van der Waals surface area contributed by atoms with Crippen LogP contribution in [0.15, 0.2) is 18.2 Å². The van der Waals surface area contributed by atoms with Crippen LogP contribution in [-0.4, -0.2) is 29.8 Å². The Kier molecular flexibility index (Phi) is 4.86. The Morgan fingerprint density at radius 2 is 2.00 bits per heavy atom. The van der Waals surface area contributed by atoms with Gasteiger partial charge in [0.15, 0.2) is 0 Å². The highest BCUT2D eigenvalue weighted by Crippen LogP contribution is 2.14. The van der Waals surface area contributed by atoms with Gasteiger partial charge in [0.2, 0.25) is 5.91 Å². The number of hydrogen-bond acceptors (Lipinski definition) is 3. The first kappa shape index (κ1) is 14.9. The molecule has 0 aromatic heterocycles. The number of nitrogen functional groups attached to an aromatic ring is 1. The van der Waals surface area contributed by atoms with Crippen molar-refractivity contribution in [1.29, 1.82) is 0 Å². The number of primary amides is 1. The zero-order chi connectivity index (χ0) is 14.6. The van der Waals surface area contributed by atoms with Gasteiger partial charge in [-0.3, -0.25) is 9.59 Å². The van der Waals surface area contributed by atoms with Gasteiger partial charge in [-0.25, -0.2) is 4.39 Å². The molecule has 0 aliphatic heterocycles. The molecule has 5 nitrogen and oxygen atoms in total. The van der Waals surface area contributed by atoms with Crippen molar-refractivity contribution in [3.63, 3.8) is 0 Å². The van der Waals surface area contributed by atoms with Crippen molar-refractivity contribution in [3.8, 4) is 0 Å². The van der Waals surface area contributed by atoms with E-state index in [-0.39, 0.29) is 29.6 Å². The Labute approximate surface area is 111 Å². The fourth-order valence-electron chi connectivity index (χ4n) is 1.71. The maximum atomic E-state index is 13.1. The Hall–Kier alpha value is -2.11. The summed E-state index contributed by atoms with van der Waals surface area (Å²) in [5.74, 6) is -1.38. The van der Waals surface area contributed by atoms with Gasteiger partial charge in [-0.2, -0.15) is 0 Å². The topological polar surface area (TPSA) is 89.4 Å². The molecule has 0 aliphatic rings. The van der Waals surface area contributed by atoms with Crippen molar-refractivity contribution in [2.75, 3.05) is 18.8 Å². The lowest BCUT2D eigenvalue weighted by atomic mass is 10.1. The summed E-state index contributed by atoms with van der Waals surface area (Å²) in [6.45, 7) is 4.05. The van der Waals surface area contributed by atoms with Crippen molar-refractivity contribution in [3.05, 3.63) is 29.6 Å². The van der Waals surface area contributed by atoms with Crippen LogP contribution < -0.4 is 11.5 Å². The first-order valence-electron chi connectivity index (χ1n) is 5.94. The van der Waals surface area contributed by atoms with Gasteiger partial charge in [0.05, 0.1) is 12.2 Å². The van der Waals surface area contributed by atoms with Crippen LogP contribution in [-0.2, 0) is 4.79 Å². The van der Waals surface area contributed by atoms with Gasteiger partial charge in [0.1, 0.15) is 5.82 Å². The number of nitrogens with zero attached hydrogens (tertiary/aromatic N) is 1. The molecule has 0 bridgehead atoms. The average molecular weight is 267 g/mol. The number of carbonyl (C=O) groups excluding carboxylic acids is 2. The van der Waals surface area contributed by atoms with E-state index in [1.54, 1.807) is 0 Å². The Bertz CT molecular complexity index is 489. The molecule has 0 radical (unpaired) electrons. The van der Waals surface area contributed by atoms with E-state index in [9.17, 15) is 14.0 Å². The van der Waals surface area contributed by atoms with Crippen molar-refractivity contribution in [2.24, 2.45) is 11.7 Å². The summed E-state index contributed by atoms with van der Waals surface area (Å²) in [6.07, 6.45) is 0. The number of hydrogen-bond donors (Lipinski definition) is 2. The Morgan fingerprint density at radius 3 is 2.47 bits per heavy atom. The van der Waals surface area contributed by atoms with Gasteiger partial charge >= 0.3 is 0 Å². The third-order valence-corrected chi connectivity index (χ3v) is 2.46. The zero-order valence-corrected chi connectivity index (χ0v) is 11.0. The Balaban J connectivity index is 2.97. The van der Waals surface area contributed by atoms with Crippen LogP contribution in [0.2, 0.25) is 0 Å². The van der Waals surface area contributed by atoms with E-state index >= 15 is 0 Å². The third kappa shape index (κ3) is 4.24. The van der Waals surface area contributed by atoms with E-state index in [0.29, 0.717) is 6.54 Å². The monoisotopic (exact) mass is 267 g/mol. The number of anilines is 1. The van der Waals surface area contributed by atoms with Crippen LogP contribution in [0.1, 0.15) is 24.2 Å². The molecule has 4 N–H and O–H groups in total. The third-order valence-electron chi connectivity index (χ3n) is 2.46. The lowest BCUT2D eigenvalue weighted by Gasteiger charge is -2.23. The molecule has 1 aromatic carbocycles. The van der Waals surface area contributed by atoms with Gasteiger partial charge in [-0.1, -0.05) is 13.8 Å². The molecule has 0 unspecified atom stereocenters. The lowest BCUT2D eigenvalue weighted by Crippen LogP contribution is -2.40. The molecule has 0 saturated heterocycles. The lowest BCUT2D eigenvalue weighted by molar-refractivity contribution is -0.118. The number of amides is 2. The Morgan fingerprint density at radius 1 is 1.37 bits per heavy atom. The number of benzene rings is 1. The molecule has 1 aromatic rings. The predicted molar refractivity (Wildman–Crippen MR) is 70.7 cm³/mol. The van der Waals surface area contributed by atoms with Gasteiger partial charge in [-0.05, 0) is 24.1 Å². The average Bonchev–Trinajstić information content (AvgIpc) is 2.29. The maximum absolute atomic E-state index is 13.1. The van der Waals surface area contributed by atoms with E-state index in [4.69, 9.17) is 11.5 Å². The highest BCUT2D eigenvalue weighted by atomic mass is 19.1. The molecule has 0 heterocycles. The minimum absolute atomic E-state index is 0.102. The summed E-state index contributed by atoms with van der Waals surface area (Å²) >= 11 is 0. The second-order valence-electron chi connectivity index (χ2n) is 4.78. The second kappa shape index (κ2) is 6.17. The van der Waals surface area contributed by atoms with Crippen LogP contribution >= 0.6 is 0 Å². The van der Waals surface area contributed by atoms with Crippen LogP contribution in [0, 0.1) is 11.7 Å². The SMILES string of the molecule is CC(C)CN(CC(N)=O)C(=O)c1ccc(F)c(N)c1. The van der Waals surface area contributed by atoms with Gasteiger partial charge in [0.25, 0.3) is 5.91 Å². The van der Waals surface area contributed by atoms with Crippen LogP contribution in [0.4, 0.5) is 10.1 Å². The molecule has 104 valence electrons. The van der Waals surface area contributed by atoms with Crippen LogP contribution in [0.3, 0.4) is 0 Å². The molecular formula is C13H18FN3O2. The largest absolute Gasteiger partial charge is 0.396 e. The fraction of sp³-hybridized carbons (Fsp3) is 0.385. The number of halogens is 1. The normalized spacial score (nSPS) is 10.5. The quantitative estimate of drug-likeness (QED) is 0.780. The molecule has 19 heavy (non-hydrogen) atoms. The number of nitrogens with two attached hydrogens (primary N) is 2. The van der Waals surface area contributed by atoms with Gasteiger partial charge in [0, 0.05) is 12.1 Å². The van der Waals surface area contributed by atoms with Crippen LogP contribution in [0.25, 0.3) is 0 Å². The molecule has 6 heteroatoms. The second-order valence-corrected chi connectivity index (χ2v) is 4.78. The van der Waals surface area contributed by atoms with E-state index < -0.39 is 11.7 Å². The van der Waals surface area contributed by atoms with E-state index in [0.717, 1.165) is 6.07 Å².